The summed E-state index contributed by atoms with van der Waals surface area (Å²) in [5, 5.41) is 19.8. The molecule has 12 heteroatoms. The Labute approximate surface area is 211 Å². The van der Waals surface area contributed by atoms with Crippen molar-refractivity contribution in [3.05, 3.63) is 81.4 Å². The summed E-state index contributed by atoms with van der Waals surface area (Å²) in [6.45, 7) is 1.85. The first-order valence-electron chi connectivity index (χ1n) is 11.1. The fraction of sp³-hybridized carbons (Fsp3) is 0.200. The second kappa shape index (κ2) is 9.44. The van der Waals surface area contributed by atoms with Gasteiger partial charge in [0, 0.05) is 23.1 Å². The molecule has 37 heavy (non-hydrogen) atoms. The number of nitro groups is 1. The third-order valence-corrected chi connectivity index (χ3v) is 8.06. The van der Waals surface area contributed by atoms with Gasteiger partial charge in [0.05, 0.1) is 33.9 Å². The van der Waals surface area contributed by atoms with E-state index < -0.39 is 44.5 Å². The van der Waals surface area contributed by atoms with Gasteiger partial charge in [0.1, 0.15) is 6.54 Å². The van der Waals surface area contributed by atoms with Crippen LogP contribution in [0.4, 0.5) is 11.4 Å². The fourth-order valence-electron chi connectivity index (χ4n) is 4.07. The number of rotatable bonds is 7. The van der Waals surface area contributed by atoms with E-state index in [1.165, 1.54) is 62.4 Å². The van der Waals surface area contributed by atoms with E-state index in [1.807, 2.05) is 6.07 Å². The van der Waals surface area contributed by atoms with E-state index in [4.69, 9.17) is 5.26 Å². The van der Waals surface area contributed by atoms with Crippen LogP contribution in [0.5, 0.6) is 0 Å². The monoisotopic (exact) mass is 520 g/mol. The van der Waals surface area contributed by atoms with Crippen molar-refractivity contribution in [2.45, 2.75) is 25.5 Å². The highest BCUT2D eigenvalue weighted by Gasteiger charge is 2.39. The Morgan fingerprint density at radius 2 is 1.73 bits per heavy atom. The average Bonchev–Trinajstić information content (AvgIpc) is 2.85. The number of nitrogens with zero attached hydrogens (tertiary/aromatic N) is 4. The zero-order valence-corrected chi connectivity index (χ0v) is 20.6. The van der Waals surface area contributed by atoms with Crippen molar-refractivity contribution < 1.29 is 27.7 Å². The van der Waals surface area contributed by atoms with Crippen LogP contribution in [-0.4, -0.2) is 47.8 Å². The molecule has 188 valence electrons. The van der Waals surface area contributed by atoms with Gasteiger partial charge < -0.3 is 0 Å². The summed E-state index contributed by atoms with van der Waals surface area (Å²) in [6.07, 6.45) is 0.0824. The fourth-order valence-corrected chi connectivity index (χ4v) is 5.25. The number of hydrogen-bond acceptors (Lipinski definition) is 8. The van der Waals surface area contributed by atoms with E-state index in [-0.39, 0.29) is 34.3 Å². The summed E-state index contributed by atoms with van der Waals surface area (Å²) in [5.41, 5.74) is 0.152. The molecule has 0 radical (unpaired) electrons. The zero-order valence-electron chi connectivity index (χ0n) is 19.7. The molecule has 1 aliphatic rings. The van der Waals surface area contributed by atoms with Gasteiger partial charge in [-0.3, -0.25) is 29.4 Å². The highest BCUT2D eigenvalue weighted by molar-refractivity contribution is 7.94. The maximum absolute atomic E-state index is 13.4. The Balaban J connectivity index is 1.77. The first-order valence-corrected chi connectivity index (χ1v) is 12.6. The number of non-ortho nitro benzene ring substituents is 1. The number of carbonyl (C=O) groups is 3. The average molecular weight is 521 g/mol. The van der Waals surface area contributed by atoms with E-state index in [2.05, 4.69) is 0 Å². The summed E-state index contributed by atoms with van der Waals surface area (Å²) in [6, 6.07) is 14.4. The molecule has 0 unspecified atom stereocenters. The number of anilines is 1. The number of amides is 3. The molecule has 3 aromatic carbocycles. The van der Waals surface area contributed by atoms with Crippen LogP contribution in [0.3, 0.4) is 0 Å². The minimum atomic E-state index is -4.24. The Hall–Kier alpha value is -4.63. The Morgan fingerprint density at radius 1 is 1.08 bits per heavy atom. The lowest BCUT2D eigenvalue weighted by Crippen LogP contribution is -2.50. The molecule has 3 amide bonds. The van der Waals surface area contributed by atoms with Gasteiger partial charge in [0.15, 0.2) is 0 Å². The first kappa shape index (κ1) is 25.5. The highest BCUT2D eigenvalue weighted by atomic mass is 32.2. The van der Waals surface area contributed by atoms with Crippen molar-refractivity contribution in [3.8, 4) is 6.07 Å². The van der Waals surface area contributed by atoms with E-state index in [1.54, 1.807) is 0 Å². The maximum Gasteiger partial charge on any atom is 0.270 e. The molecule has 0 aliphatic carbocycles. The molecule has 0 atom stereocenters. The Bertz CT molecular complexity index is 1620. The van der Waals surface area contributed by atoms with Gasteiger partial charge in [-0.25, -0.2) is 12.7 Å². The van der Waals surface area contributed by atoms with E-state index in [0.717, 1.165) is 6.07 Å². The van der Waals surface area contributed by atoms with Gasteiger partial charge >= 0.3 is 0 Å². The quantitative estimate of drug-likeness (QED) is 0.261. The number of nitriles is 1. The molecule has 0 aromatic heterocycles. The predicted octanol–water partition coefficient (Wildman–Crippen LogP) is 3.18. The van der Waals surface area contributed by atoms with Crippen LogP contribution in [0.1, 0.15) is 40.1 Å². The lowest BCUT2D eigenvalue weighted by atomic mass is 9.93. The van der Waals surface area contributed by atoms with Crippen LogP contribution < -0.4 is 4.31 Å². The molecule has 11 nitrogen and oxygen atoms in total. The minimum Gasteiger partial charge on any atom is -0.271 e. The summed E-state index contributed by atoms with van der Waals surface area (Å²) < 4.78 is 26.8. The number of hydrogen-bond donors (Lipinski definition) is 0. The number of carbonyl (C=O) groups excluding carboxylic acids is 3. The van der Waals surface area contributed by atoms with Crippen LogP contribution in [-0.2, 0) is 21.2 Å². The number of benzene rings is 3. The van der Waals surface area contributed by atoms with Crippen LogP contribution in [0, 0.1) is 21.4 Å². The molecule has 3 aromatic rings. The van der Waals surface area contributed by atoms with Gasteiger partial charge in [-0.05, 0) is 43.0 Å². The molecule has 0 N–H and O–H groups in total. The SMILES string of the molecule is CC(C)S(=O)(=O)N(C(=O)CN1C(=O)c2cccc3cc([N+](=O)[O-])cc(c23)C1=O)c1ccc(CC#N)cc1. The van der Waals surface area contributed by atoms with Crippen LogP contribution >= 0.6 is 0 Å². The van der Waals surface area contributed by atoms with Crippen molar-refractivity contribution in [1.82, 2.24) is 4.90 Å². The zero-order chi connectivity index (χ0) is 27.1. The standard InChI is InChI=1S/C25H20N4O7S/c1-15(2)37(35,36)28(18-8-6-16(7-9-18)10-11-26)22(30)14-27-24(31)20-5-3-4-17-12-19(29(33)34)13-21(23(17)20)25(27)32/h3-9,12-13,15H,10,14H2,1-2H3. The smallest absolute Gasteiger partial charge is 0.270 e. The largest absolute Gasteiger partial charge is 0.271 e. The van der Waals surface area contributed by atoms with Gasteiger partial charge in [0.2, 0.25) is 10.0 Å². The van der Waals surface area contributed by atoms with Gasteiger partial charge in [0.25, 0.3) is 23.4 Å². The normalized spacial score (nSPS) is 13.1. The number of sulfonamides is 1. The summed E-state index contributed by atoms with van der Waals surface area (Å²) in [7, 11) is -4.24. The van der Waals surface area contributed by atoms with Crippen molar-refractivity contribution >= 4 is 49.9 Å². The van der Waals surface area contributed by atoms with Gasteiger partial charge in [-0.1, -0.05) is 24.3 Å². The Kier molecular flexibility index (Phi) is 6.49. The summed E-state index contributed by atoms with van der Waals surface area (Å²) in [5.74, 6) is -2.84. The molecule has 1 heterocycles. The van der Waals surface area contributed by atoms with Crippen LogP contribution in [0.2, 0.25) is 0 Å². The van der Waals surface area contributed by atoms with Crippen molar-refractivity contribution in [3.63, 3.8) is 0 Å². The molecule has 4 rings (SSSR count). The molecular formula is C25H20N4O7S. The first-order chi connectivity index (χ1) is 17.5. The van der Waals surface area contributed by atoms with E-state index >= 15 is 0 Å². The second-order valence-electron chi connectivity index (χ2n) is 8.60. The van der Waals surface area contributed by atoms with E-state index in [9.17, 15) is 32.9 Å². The topological polar surface area (TPSA) is 159 Å². The van der Waals surface area contributed by atoms with Gasteiger partial charge in [-0.2, -0.15) is 5.26 Å². The number of imide groups is 1. The molecular weight excluding hydrogens is 500 g/mol. The summed E-state index contributed by atoms with van der Waals surface area (Å²) >= 11 is 0. The molecule has 0 bridgehead atoms. The van der Waals surface area contributed by atoms with Crippen molar-refractivity contribution in [2.75, 3.05) is 10.8 Å². The third kappa shape index (κ3) is 4.41. The highest BCUT2D eigenvalue weighted by Crippen LogP contribution is 2.34. The molecule has 0 fully saturated rings. The second-order valence-corrected chi connectivity index (χ2v) is 10.9. The molecule has 0 saturated carbocycles. The lowest BCUT2D eigenvalue weighted by molar-refractivity contribution is -0.384. The lowest BCUT2D eigenvalue weighted by Gasteiger charge is -2.30. The van der Waals surface area contributed by atoms with Crippen molar-refractivity contribution in [2.24, 2.45) is 0 Å². The summed E-state index contributed by atoms with van der Waals surface area (Å²) in [4.78, 5) is 51.3. The molecule has 0 spiro atoms. The maximum atomic E-state index is 13.4. The predicted molar refractivity (Wildman–Crippen MR) is 133 cm³/mol. The number of nitro benzene ring substituents is 1. The molecule has 0 saturated heterocycles. The Morgan fingerprint density at radius 3 is 2.32 bits per heavy atom. The van der Waals surface area contributed by atoms with Crippen LogP contribution in [0.25, 0.3) is 10.8 Å². The molecule has 1 aliphatic heterocycles. The third-order valence-electron chi connectivity index (χ3n) is 5.95. The minimum absolute atomic E-state index is 0.0181. The van der Waals surface area contributed by atoms with Crippen molar-refractivity contribution in [1.29, 1.82) is 5.26 Å². The van der Waals surface area contributed by atoms with Gasteiger partial charge in [-0.15, -0.1) is 0 Å². The van der Waals surface area contributed by atoms with Crippen LogP contribution in [0.15, 0.2) is 54.6 Å². The van der Waals surface area contributed by atoms with E-state index in [0.29, 0.717) is 20.2 Å².